The Morgan fingerprint density at radius 1 is 0.978 bits per heavy atom. The van der Waals surface area contributed by atoms with Crippen molar-refractivity contribution in [3.05, 3.63) is 60.1 Å². The van der Waals surface area contributed by atoms with Crippen molar-refractivity contribution in [2.24, 2.45) is 5.92 Å². The van der Waals surface area contributed by atoms with Gasteiger partial charge in [0.1, 0.15) is 11.7 Å². The third-order valence-electron chi connectivity index (χ3n) is 9.74. The van der Waals surface area contributed by atoms with Crippen LogP contribution in [0.4, 0.5) is 23.3 Å². The van der Waals surface area contributed by atoms with Crippen molar-refractivity contribution in [1.29, 1.82) is 0 Å². The first-order valence-corrected chi connectivity index (χ1v) is 16.0. The Morgan fingerprint density at radius 3 is 2.33 bits per heavy atom. The highest BCUT2D eigenvalue weighted by molar-refractivity contribution is 5.76. The summed E-state index contributed by atoms with van der Waals surface area (Å²) < 4.78 is 5.45. The number of piperidine rings is 1. The maximum Gasteiger partial charge on any atom is 0.314 e. The van der Waals surface area contributed by atoms with Gasteiger partial charge >= 0.3 is 5.97 Å². The average molecular weight is 626 g/mol. The Labute approximate surface area is 267 Å². The number of rotatable bonds is 8. The lowest BCUT2D eigenvalue weighted by Gasteiger charge is -2.42. The van der Waals surface area contributed by atoms with Crippen LogP contribution in [0.1, 0.15) is 62.7 Å². The Balaban J connectivity index is 0.991. The topological polar surface area (TPSA) is 171 Å². The second-order valence-electron chi connectivity index (χ2n) is 12.9. The molecule has 0 spiro atoms. The van der Waals surface area contributed by atoms with Gasteiger partial charge in [0.25, 0.3) is 0 Å². The second-order valence-corrected chi connectivity index (χ2v) is 12.9. The normalized spacial score (nSPS) is 20.8. The highest BCUT2D eigenvalue weighted by Gasteiger charge is 2.42. The van der Waals surface area contributed by atoms with E-state index >= 15 is 0 Å². The van der Waals surface area contributed by atoms with Crippen LogP contribution in [0.15, 0.2) is 53.3 Å². The number of aromatic hydroxyl groups is 1. The molecule has 240 valence electrons. The van der Waals surface area contributed by atoms with Crippen molar-refractivity contribution in [1.82, 2.24) is 25.3 Å². The third-order valence-corrected chi connectivity index (χ3v) is 9.74. The first-order valence-electron chi connectivity index (χ1n) is 16.0. The summed E-state index contributed by atoms with van der Waals surface area (Å²) in [5.74, 6) is 1.04. The molecule has 3 atom stereocenters. The molecule has 3 unspecified atom stereocenters. The maximum absolute atomic E-state index is 11.7. The summed E-state index contributed by atoms with van der Waals surface area (Å²) in [4.78, 5) is 28.2. The van der Waals surface area contributed by atoms with Gasteiger partial charge in [-0.25, -0.2) is 9.97 Å². The summed E-state index contributed by atoms with van der Waals surface area (Å²) in [7, 11) is 0. The van der Waals surface area contributed by atoms with Gasteiger partial charge in [0.2, 0.25) is 5.95 Å². The second kappa shape index (κ2) is 12.1. The molecule has 3 saturated heterocycles. The van der Waals surface area contributed by atoms with E-state index < -0.39 is 11.9 Å². The molecule has 2 bridgehead atoms. The minimum absolute atomic E-state index is 0.0899. The molecule has 13 heteroatoms. The number of benzene rings is 1. The number of hydrogen-bond donors (Lipinski definition) is 3. The van der Waals surface area contributed by atoms with E-state index in [1.807, 2.05) is 44.4 Å². The third kappa shape index (κ3) is 5.54. The van der Waals surface area contributed by atoms with Crippen LogP contribution >= 0.6 is 0 Å². The minimum atomic E-state index is -0.898. The van der Waals surface area contributed by atoms with Crippen LogP contribution in [-0.2, 0) is 4.79 Å². The monoisotopic (exact) mass is 625 g/mol. The van der Waals surface area contributed by atoms with Crippen LogP contribution in [0.5, 0.6) is 5.75 Å². The molecule has 3 aliphatic heterocycles. The van der Waals surface area contributed by atoms with Crippen LogP contribution in [0.25, 0.3) is 11.3 Å². The highest BCUT2D eigenvalue weighted by Crippen LogP contribution is 2.39. The largest absolute Gasteiger partial charge is 0.507 e. The predicted molar refractivity (Wildman–Crippen MR) is 173 cm³/mol. The summed E-state index contributed by atoms with van der Waals surface area (Å²) >= 11 is 0. The number of nitrogens with zero attached hydrogens (tertiary/aromatic N) is 8. The number of para-hydroxylation sites is 1. The number of nitrogen functional groups attached to an aromatic ring is 1. The van der Waals surface area contributed by atoms with E-state index in [1.54, 1.807) is 18.2 Å². The number of fused-ring (bicyclic) bond motifs is 2. The van der Waals surface area contributed by atoms with Crippen LogP contribution in [0.2, 0.25) is 0 Å². The van der Waals surface area contributed by atoms with Crippen LogP contribution < -0.4 is 20.4 Å². The maximum atomic E-state index is 11.7. The lowest BCUT2D eigenvalue weighted by atomic mass is 9.91. The molecule has 1 aromatic carbocycles. The summed E-state index contributed by atoms with van der Waals surface area (Å²) in [5, 5.41) is 32.6. The molecule has 0 radical (unpaired) electrons. The number of carboxylic acid groups (broad SMARTS) is 1. The zero-order valence-electron chi connectivity index (χ0n) is 26.0. The average Bonchev–Trinajstić information content (AvgIpc) is 3.63. The molecule has 4 N–H and O–H groups in total. The summed E-state index contributed by atoms with van der Waals surface area (Å²) in [6.45, 7) is 6.87. The van der Waals surface area contributed by atoms with Gasteiger partial charge in [-0.15, -0.1) is 10.2 Å². The van der Waals surface area contributed by atoms with Gasteiger partial charge in [-0.05, 0) is 61.3 Å². The highest BCUT2D eigenvalue weighted by atomic mass is 16.5. The van der Waals surface area contributed by atoms with E-state index in [4.69, 9.17) is 20.2 Å². The number of nitrogens with two attached hydrogens (primary N) is 1. The number of carboxylic acids is 1. The van der Waals surface area contributed by atoms with E-state index in [2.05, 4.69) is 30.1 Å². The molecular formula is C33H39N9O4. The summed E-state index contributed by atoms with van der Waals surface area (Å²) in [5.41, 5.74) is 9.48. The molecule has 0 amide bonds. The molecule has 0 saturated carbocycles. The smallest absolute Gasteiger partial charge is 0.314 e. The molecular weight excluding hydrogens is 586 g/mol. The van der Waals surface area contributed by atoms with Crippen molar-refractivity contribution < 1.29 is 19.5 Å². The number of aromatic nitrogens is 5. The van der Waals surface area contributed by atoms with Crippen molar-refractivity contribution in [3.63, 3.8) is 0 Å². The molecule has 6 heterocycles. The Hall–Kier alpha value is -4.94. The van der Waals surface area contributed by atoms with E-state index in [0.717, 1.165) is 69.1 Å². The van der Waals surface area contributed by atoms with Gasteiger partial charge in [0.05, 0.1) is 11.4 Å². The Kier molecular flexibility index (Phi) is 7.83. The van der Waals surface area contributed by atoms with Gasteiger partial charge in [0, 0.05) is 62.3 Å². The van der Waals surface area contributed by atoms with Crippen LogP contribution in [0, 0.1) is 5.92 Å². The van der Waals surface area contributed by atoms with Crippen molar-refractivity contribution in [2.75, 3.05) is 46.6 Å². The molecule has 7 rings (SSSR count). The fourth-order valence-electron chi connectivity index (χ4n) is 7.32. The van der Waals surface area contributed by atoms with Crippen molar-refractivity contribution in [2.45, 2.75) is 63.5 Å². The molecule has 13 nitrogen and oxygen atoms in total. The molecule has 0 aliphatic carbocycles. The lowest BCUT2D eigenvalue weighted by Crippen LogP contribution is -2.54. The number of aliphatic carboxylic acids is 1. The lowest BCUT2D eigenvalue weighted by molar-refractivity contribution is -0.140. The zero-order chi connectivity index (χ0) is 31.9. The molecule has 4 aromatic rings. The number of phenolic OH excluding ortho intramolecular Hbond substituents is 1. The standard InChI is InChI=1S/C33H39N9O4/c1-19(2)30(32(44)45)28-14-29(39-46-28)40-11-9-20(10-12-40)21-15-35-33(36-16-21)42-22-7-8-23(42)18-41(17-22)26-13-25(37-38-31(26)34)24-5-3-4-6-27(24)43/h3-6,13-16,19-20,22-23,30,43H,7-12,17-18H2,1-2H3,(H2,34,38)(H,44,45). The van der Waals surface area contributed by atoms with Gasteiger partial charge < -0.3 is 35.2 Å². The number of hydrogen-bond acceptors (Lipinski definition) is 12. The summed E-state index contributed by atoms with van der Waals surface area (Å²) in [6.07, 6.45) is 7.89. The van der Waals surface area contributed by atoms with Crippen LogP contribution in [0.3, 0.4) is 0 Å². The molecule has 3 aliphatic rings. The minimum Gasteiger partial charge on any atom is -0.507 e. The molecule has 3 fully saturated rings. The fourth-order valence-corrected chi connectivity index (χ4v) is 7.32. The summed E-state index contributed by atoms with van der Waals surface area (Å²) in [6, 6.07) is 11.3. The van der Waals surface area contributed by atoms with E-state index in [-0.39, 0.29) is 23.8 Å². The van der Waals surface area contributed by atoms with Gasteiger partial charge in [-0.2, -0.15) is 0 Å². The number of phenols is 1. The quantitative estimate of drug-likeness (QED) is 0.254. The van der Waals surface area contributed by atoms with E-state index in [1.165, 1.54) is 0 Å². The van der Waals surface area contributed by atoms with Crippen LogP contribution in [-0.4, -0.2) is 79.8 Å². The first-order chi connectivity index (χ1) is 22.3. The molecule has 46 heavy (non-hydrogen) atoms. The fraction of sp³-hybridized carbons (Fsp3) is 0.455. The number of anilines is 4. The number of carbonyl (C=O) groups is 1. The first kappa shape index (κ1) is 29.8. The van der Waals surface area contributed by atoms with E-state index in [9.17, 15) is 15.0 Å². The number of piperazine rings is 1. The van der Waals surface area contributed by atoms with Crippen molar-refractivity contribution in [3.8, 4) is 17.0 Å². The SMILES string of the molecule is CC(C)C(C(=O)O)c1cc(N2CCC(c3cnc(N4C5CCC4CN(c4cc(-c6ccccc6O)nnc4N)C5)nc3)CC2)no1. The van der Waals surface area contributed by atoms with Crippen molar-refractivity contribution >= 4 is 29.2 Å². The van der Waals surface area contributed by atoms with Gasteiger partial charge in [-0.3, -0.25) is 4.79 Å². The van der Waals surface area contributed by atoms with E-state index in [0.29, 0.717) is 34.6 Å². The Bertz CT molecular complexity index is 1690. The van der Waals surface area contributed by atoms with Gasteiger partial charge in [0.15, 0.2) is 17.4 Å². The Morgan fingerprint density at radius 2 is 1.67 bits per heavy atom. The van der Waals surface area contributed by atoms with Gasteiger partial charge in [-0.1, -0.05) is 31.1 Å². The zero-order valence-corrected chi connectivity index (χ0v) is 26.0. The predicted octanol–water partition coefficient (Wildman–Crippen LogP) is 4.28. The molecule has 3 aromatic heterocycles.